The van der Waals surface area contributed by atoms with Crippen molar-refractivity contribution in [1.82, 2.24) is 15.1 Å². The lowest BCUT2D eigenvalue weighted by Crippen LogP contribution is -2.69. The standard InChI is InChI=1S/C13H25N3O2/c1-12(2,3)18-11(17)15-7-8-16-6-5-14-9-13(16,4)10-15/h14H,5-10H2,1-4H3. The summed E-state index contributed by atoms with van der Waals surface area (Å²) < 4.78 is 5.45. The van der Waals surface area contributed by atoms with Gasteiger partial charge in [-0.1, -0.05) is 0 Å². The van der Waals surface area contributed by atoms with Crippen LogP contribution in [0.2, 0.25) is 0 Å². The van der Waals surface area contributed by atoms with Crippen LogP contribution in [0.3, 0.4) is 0 Å². The van der Waals surface area contributed by atoms with E-state index in [4.69, 9.17) is 4.74 Å². The van der Waals surface area contributed by atoms with Crippen LogP contribution < -0.4 is 5.32 Å². The Labute approximate surface area is 109 Å². The first-order chi connectivity index (χ1) is 8.30. The Balaban J connectivity index is 1.98. The normalized spacial score (nSPS) is 29.9. The van der Waals surface area contributed by atoms with E-state index >= 15 is 0 Å². The van der Waals surface area contributed by atoms with E-state index in [1.54, 1.807) is 0 Å². The Hall–Kier alpha value is -0.810. The Morgan fingerprint density at radius 3 is 2.67 bits per heavy atom. The van der Waals surface area contributed by atoms with Crippen molar-refractivity contribution in [3.05, 3.63) is 0 Å². The van der Waals surface area contributed by atoms with Crippen molar-refractivity contribution in [3.8, 4) is 0 Å². The molecule has 2 saturated heterocycles. The molecule has 1 amide bonds. The minimum Gasteiger partial charge on any atom is -0.444 e. The average molecular weight is 255 g/mol. The van der Waals surface area contributed by atoms with E-state index in [9.17, 15) is 4.79 Å². The number of piperazine rings is 2. The zero-order valence-corrected chi connectivity index (χ0v) is 12.0. The molecule has 0 radical (unpaired) electrons. The summed E-state index contributed by atoms with van der Waals surface area (Å²) >= 11 is 0. The average Bonchev–Trinajstić information content (AvgIpc) is 2.25. The highest BCUT2D eigenvalue weighted by molar-refractivity contribution is 5.68. The van der Waals surface area contributed by atoms with E-state index in [0.29, 0.717) is 0 Å². The minimum atomic E-state index is -0.417. The number of ether oxygens (including phenoxy) is 1. The number of hydrogen-bond acceptors (Lipinski definition) is 4. The molecular weight excluding hydrogens is 230 g/mol. The van der Waals surface area contributed by atoms with E-state index < -0.39 is 5.60 Å². The molecule has 0 saturated carbocycles. The molecule has 5 nitrogen and oxygen atoms in total. The summed E-state index contributed by atoms with van der Waals surface area (Å²) in [5.74, 6) is 0. The maximum absolute atomic E-state index is 12.1. The summed E-state index contributed by atoms with van der Waals surface area (Å²) in [5, 5.41) is 3.41. The van der Waals surface area contributed by atoms with Gasteiger partial charge in [-0.2, -0.15) is 0 Å². The van der Waals surface area contributed by atoms with Crippen LogP contribution in [-0.2, 0) is 4.74 Å². The van der Waals surface area contributed by atoms with Gasteiger partial charge >= 0.3 is 6.09 Å². The molecule has 2 fully saturated rings. The predicted octanol–water partition coefficient (Wildman–Crippen LogP) is 0.901. The molecule has 1 atom stereocenters. The van der Waals surface area contributed by atoms with Gasteiger partial charge in [0.1, 0.15) is 5.60 Å². The lowest BCUT2D eigenvalue weighted by Gasteiger charge is -2.51. The second-order valence-corrected chi connectivity index (χ2v) is 6.56. The maximum Gasteiger partial charge on any atom is 0.410 e. The summed E-state index contributed by atoms with van der Waals surface area (Å²) in [4.78, 5) is 16.4. The second-order valence-electron chi connectivity index (χ2n) is 6.56. The SMILES string of the molecule is CC(C)(C)OC(=O)N1CCN2CCNCC2(C)C1. The molecular formula is C13H25N3O2. The third-order valence-electron chi connectivity index (χ3n) is 3.65. The zero-order chi connectivity index (χ0) is 13.4. The summed E-state index contributed by atoms with van der Waals surface area (Å²) in [5.41, 5.74) is -0.368. The van der Waals surface area contributed by atoms with Gasteiger partial charge in [0.25, 0.3) is 0 Å². The summed E-state index contributed by atoms with van der Waals surface area (Å²) in [6.45, 7) is 13.4. The van der Waals surface area contributed by atoms with Crippen LogP contribution in [-0.4, -0.2) is 66.3 Å². The van der Waals surface area contributed by atoms with Gasteiger partial charge in [0.05, 0.1) is 0 Å². The topological polar surface area (TPSA) is 44.8 Å². The van der Waals surface area contributed by atoms with Crippen molar-refractivity contribution < 1.29 is 9.53 Å². The number of carbonyl (C=O) groups excluding carboxylic acids is 1. The van der Waals surface area contributed by atoms with Crippen molar-refractivity contribution in [3.63, 3.8) is 0 Å². The van der Waals surface area contributed by atoms with Crippen LogP contribution >= 0.6 is 0 Å². The molecule has 0 aromatic rings. The van der Waals surface area contributed by atoms with E-state index in [1.807, 2.05) is 25.7 Å². The lowest BCUT2D eigenvalue weighted by molar-refractivity contribution is -0.0283. The highest BCUT2D eigenvalue weighted by Gasteiger charge is 2.41. The smallest absolute Gasteiger partial charge is 0.410 e. The fraction of sp³-hybridized carbons (Fsp3) is 0.923. The molecule has 0 bridgehead atoms. The first-order valence-electron chi connectivity index (χ1n) is 6.74. The number of fused-ring (bicyclic) bond motifs is 1. The molecule has 104 valence electrons. The number of nitrogens with one attached hydrogen (secondary N) is 1. The maximum atomic E-state index is 12.1. The first-order valence-corrected chi connectivity index (χ1v) is 6.74. The van der Waals surface area contributed by atoms with Crippen LogP contribution in [0.5, 0.6) is 0 Å². The van der Waals surface area contributed by atoms with Crippen molar-refractivity contribution in [1.29, 1.82) is 0 Å². The number of nitrogens with zero attached hydrogens (tertiary/aromatic N) is 2. The van der Waals surface area contributed by atoms with Gasteiger partial charge in [0.15, 0.2) is 0 Å². The highest BCUT2D eigenvalue weighted by atomic mass is 16.6. The molecule has 2 aliphatic rings. The minimum absolute atomic E-state index is 0.0490. The van der Waals surface area contributed by atoms with Gasteiger partial charge in [0.2, 0.25) is 0 Å². The van der Waals surface area contributed by atoms with Crippen molar-refractivity contribution >= 4 is 6.09 Å². The van der Waals surface area contributed by atoms with Gasteiger partial charge in [-0.25, -0.2) is 4.79 Å². The predicted molar refractivity (Wildman–Crippen MR) is 70.7 cm³/mol. The van der Waals surface area contributed by atoms with Gasteiger partial charge in [-0.15, -0.1) is 0 Å². The van der Waals surface area contributed by atoms with Crippen LogP contribution in [0, 0.1) is 0 Å². The molecule has 0 aliphatic carbocycles. The third kappa shape index (κ3) is 2.95. The zero-order valence-electron chi connectivity index (χ0n) is 12.0. The van der Waals surface area contributed by atoms with Gasteiger partial charge < -0.3 is 15.0 Å². The molecule has 0 aromatic carbocycles. The van der Waals surface area contributed by atoms with E-state index in [0.717, 1.165) is 39.3 Å². The second kappa shape index (κ2) is 4.70. The van der Waals surface area contributed by atoms with Crippen molar-refractivity contribution in [2.45, 2.75) is 38.8 Å². The number of hydrogen-bond donors (Lipinski definition) is 1. The van der Waals surface area contributed by atoms with Crippen LogP contribution in [0.4, 0.5) is 4.79 Å². The van der Waals surface area contributed by atoms with E-state index in [2.05, 4.69) is 17.1 Å². The highest BCUT2D eigenvalue weighted by Crippen LogP contribution is 2.24. The summed E-state index contributed by atoms with van der Waals surface area (Å²) in [7, 11) is 0. The molecule has 0 aromatic heterocycles. The monoisotopic (exact) mass is 255 g/mol. The van der Waals surface area contributed by atoms with Crippen LogP contribution in [0.1, 0.15) is 27.7 Å². The Bertz CT molecular complexity index is 327. The number of rotatable bonds is 0. The molecule has 1 N–H and O–H groups in total. The molecule has 18 heavy (non-hydrogen) atoms. The molecule has 2 rings (SSSR count). The number of carbonyl (C=O) groups is 1. The molecule has 5 heteroatoms. The summed E-state index contributed by atoms with van der Waals surface area (Å²) in [6, 6.07) is 0. The molecule has 2 aliphatic heterocycles. The van der Waals surface area contributed by atoms with Crippen LogP contribution in [0.15, 0.2) is 0 Å². The quantitative estimate of drug-likeness (QED) is 0.698. The van der Waals surface area contributed by atoms with Crippen molar-refractivity contribution in [2.75, 3.05) is 39.3 Å². The first kappa shape index (κ1) is 13.6. The molecule has 2 heterocycles. The number of amides is 1. The summed E-state index contributed by atoms with van der Waals surface area (Å²) in [6.07, 6.45) is -0.186. The van der Waals surface area contributed by atoms with Crippen LogP contribution in [0.25, 0.3) is 0 Å². The van der Waals surface area contributed by atoms with Gasteiger partial charge in [0, 0.05) is 44.8 Å². The molecule has 0 spiro atoms. The van der Waals surface area contributed by atoms with Crippen molar-refractivity contribution in [2.24, 2.45) is 0 Å². The third-order valence-corrected chi connectivity index (χ3v) is 3.65. The largest absolute Gasteiger partial charge is 0.444 e. The lowest BCUT2D eigenvalue weighted by atomic mass is 9.94. The Morgan fingerprint density at radius 2 is 2.00 bits per heavy atom. The van der Waals surface area contributed by atoms with E-state index in [1.165, 1.54) is 0 Å². The molecule has 1 unspecified atom stereocenters. The van der Waals surface area contributed by atoms with E-state index in [-0.39, 0.29) is 11.6 Å². The fourth-order valence-corrected chi connectivity index (χ4v) is 2.71. The Morgan fingerprint density at radius 1 is 1.28 bits per heavy atom. The fourth-order valence-electron chi connectivity index (χ4n) is 2.71. The Kier molecular flexibility index (Phi) is 3.56. The van der Waals surface area contributed by atoms with Gasteiger partial charge in [-0.05, 0) is 27.7 Å². The van der Waals surface area contributed by atoms with Gasteiger partial charge in [-0.3, -0.25) is 4.90 Å².